The van der Waals surface area contributed by atoms with E-state index in [1.165, 1.54) is 32.1 Å². The summed E-state index contributed by atoms with van der Waals surface area (Å²) in [6.45, 7) is 6.58. The molecule has 2 aliphatic rings. The van der Waals surface area contributed by atoms with Crippen molar-refractivity contribution in [2.24, 2.45) is 17.6 Å². The lowest BCUT2D eigenvalue weighted by Gasteiger charge is -2.38. The highest BCUT2D eigenvalue weighted by atomic mass is 16.5. The van der Waals surface area contributed by atoms with Gasteiger partial charge in [-0.2, -0.15) is 0 Å². The van der Waals surface area contributed by atoms with Crippen LogP contribution in [0.5, 0.6) is 0 Å². The molecule has 0 aromatic carbocycles. The largest absolute Gasteiger partial charge is 0.377 e. The summed E-state index contributed by atoms with van der Waals surface area (Å²) in [4.78, 5) is 2.50. The summed E-state index contributed by atoms with van der Waals surface area (Å²) in [6, 6.07) is 1.01. The quantitative estimate of drug-likeness (QED) is 0.836. The minimum absolute atomic E-state index is 0.386. The summed E-state index contributed by atoms with van der Waals surface area (Å²) < 4.78 is 5.67. The van der Waals surface area contributed by atoms with Crippen LogP contribution in [0, 0.1) is 11.8 Å². The highest BCUT2D eigenvalue weighted by Gasteiger charge is 2.32. The van der Waals surface area contributed by atoms with Gasteiger partial charge in [0.1, 0.15) is 0 Å². The first-order valence-corrected chi connectivity index (χ1v) is 7.69. The number of hydrogen-bond donors (Lipinski definition) is 1. The summed E-state index contributed by atoms with van der Waals surface area (Å²) in [5.74, 6) is 1.59. The van der Waals surface area contributed by atoms with Gasteiger partial charge in [0.15, 0.2) is 0 Å². The molecule has 106 valence electrons. The molecule has 2 N–H and O–H groups in total. The molecule has 1 aliphatic heterocycles. The second kappa shape index (κ2) is 6.36. The van der Waals surface area contributed by atoms with Crippen LogP contribution in [0.15, 0.2) is 0 Å². The molecule has 5 atom stereocenters. The molecule has 0 spiro atoms. The van der Waals surface area contributed by atoms with Crippen LogP contribution < -0.4 is 5.73 Å². The van der Waals surface area contributed by atoms with Crippen LogP contribution in [0.4, 0.5) is 0 Å². The van der Waals surface area contributed by atoms with Crippen molar-refractivity contribution in [1.82, 2.24) is 4.90 Å². The molecule has 0 aromatic heterocycles. The Morgan fingerprint density at radius 1 is 1.28 bits per heavy atom. The summed E-state index contributed by atoms with van der Waals surface area (Å²) >= 11 is 0. The van der Waals surface area contributed by atoms with E-state index in [1.807, 2.05) is 0 Å². The molecule has 3 nitrogen and oxygen atoms in total. The Labute approximate surface area is 112 Å². The molecular weight excluding hydrogens is 224 g/mol. The topological polar surface area (TPSA) is 38.5 Å². The minimum Gasteiger partial charge on any atom is -0.377 e. The molecule has 0 amide bonds. The van der Waals surface area contributed by atoms with Crippen molar-refractivity contribution in [3.8, 4) is 0 Å². The molecule has 0 bridgehead atoms. The van der Waals surface area contributed by atoms with Gasteiger partial charge >= 0.3 is 0 Å². The van der Waals surface area contributed by atoms with E-state index in [4.69, 9.17) is 10.5 Å². The maximum absolute atomic E-state index is 6.32. The van der Waals surface area contributed by atoms with Crippen LogP contribution in [0.3, 0.4) is 0 Å². The second-order valence-corrected chi connectivity index (χ2v) is 6.38. The predicted molar refractivity (Wildman–Crippen MR) is 75.5 cm³/mol. The zero-order valence-corrected chi connectivity index (χ0v) is 12.3. The molecule has 0 aromatic rings. The van der Waals surface area contributed by atoms with Crippen LogP contribution in [-0.2, 0) is 4.74 Å². The molecule has 2 rings (SSSR count). The third-order valence-electron chi connectivity index (χ3n) is 5.15. The van der Waals surface area contributed by atoms with Gasteiger partial charge in [-0.05, 0) is 51.5 Å². The lowest BCUT2D eigenvalue weighted by Crippen LogP contribution is -2.46. The fraction of sp³-hybridized carbons (Fsp3) is 1.00. The van der Waals surface area contributed by atoms with Gasteiger partial charge in [0, 0.05) is 25.2 Å². The van der Waals surface area contributed by atoms with Crippen molar-refractivity contribution < 1.29 is 4.74 Å². The molecule has 3 heteroatoms. The summed E-state index contributed by atoms with van der Waals surface area (Å²) in [5, 5.41) is 0. The van der Waals surface area contributed by atoms with Crippen molar-refractivity contribution >= 4 is 0 Å². The van der Waals surface area contributed by atoms with Crippen LogP contribution >= 0.6 is 0 Å². The summed E-state index contributed by atoms with van der Waals surface area (Å²) in [6.07, 6.45) is 6.75. The van der Waals surface area contributed by atoms with Gasteiger partial charge in [-0.25, -0.2) is 0 Å². The summed E-state index contributed by atoms with van der Waals surface area (Å²) in [5.41, 5.74) is 6.32. The van der Waals surface area contributed by atoms with Crippen molar-refractivity contribution in [2.45, 2.75) is 64.1 Å². The highest BCUT2D eigenvalue weighted by molar-refractivity contribution is 4.87. The van der Waals surface area contributed by atoms with Crippen LogP contribution in [-0.4, -0.2) is 43.3 Å². The van der Waals surface area contributed by atoms with E-state index in [0.717, 1.165) is 19.1 Å². The Morgan fingerprint density at radius 3 is 2.67 bits per heavy atom. The van der Waals surface area contributed by atoms with Gasteiger partial charge in [-0.3, -0.25) is 0 Å². The maximum atomic E-state index is 6.32. The van der Waals surface area contributed by atoms with Gasteiger partial charge < -0.3 is 15.4 Å². The lowest BCUT2D eigenvalue weighted by atomic mass is 9.77. The standard InChI is InChI=1S/C15H30N2O/c1-4-12-5-6-14(16)13(9-12)10-17(3)15-7-8-18-11(15)2/h11-15H,4-10,16H2,1-3H3. The van der Waals surface area contributed by atoms with E-state index < -0.39 is 0 Å². The SMILES string of the molecule is CCC1CCC(N)C(CN(C)C2CCOC2C)C1. The van der Waals surface area contributed by atoms with Gasteiger partial charge in [0.05, 0.1) is 6.10 Å². The van der Waals surface area contributed by atoms with E-state index in [-0.39, 0.29) is 0 Å². The van der Waals surface area contributed by atoms with Gasteiger partial charge in [-0.1, -0.05) is 13.3 Å². The molecular formula is C15H30N2O. The fourth-order valence-corrected chi connectivity index (χ4v) is 3.77. The van der Waals surface area contributed by atoms with Gasteiger partial charge in [-0.15, -0.1) is 0 Å². The molecule has 2 fully saturated rings. The Balaban J connectivity index is 1.86. The van der Waals surface area contributed by atoms with E-state index in [1.54, 1.807) is 0 Å². The lowest BCUT2D eigenvalue weighted by molar-refractivity contribution is 0.0696. The van der Waals surface area contributed by atoms with Crippen molar-refractivity contribution in [2.75, 3.05) is 20.2 Å². The van der Waals surface area contributed by atoms with E-state index in [2.05, 4.69) is 25.8 Å². The molecule has 1 saturated carbocycles. The highest BCUT2D eigenvalue weighted by Crippen LogP contribution is 2.31. The third kappa shape index (κ3) is 3.25. The van der Waals surface area contributed by atoms with Crippen LogP contribution in [0.1, 0.15) is 46.0 Å². The van der Waals surface area contributed by atoms with Gasteiger partial charge in [0.2, 0.25) is 0 Å². The smallest absolute Gasteiger partial charge is 0.0702 e. The normalized spacial score (nSPS) is 41.5. The van der Waals surface area contributed by atoms with Crippen LogP contribution in [0.25, 0.3) is 0 Å². The number of nitrogens with two attached hydrogens (primary N) is 1. The van der Waals surface area contributed by atoms with E-state index in [0.29, 0.717) is 24.1 Å². The Morgan fingerprint density at radius 2 is 2.06 bits per heavy atom. The Hall–Kier alpha value is -0.120. The fourth-order valence-electron chi connectivity index (χ4n) is 3.77. The molecule has 18 heavy (non-hydrogen) atoms. The number of rotatable bonds is 4. The Bertz CT molecular complexity index is 259. The third-order valence-corrected chi connectivity index (χ3v) is 5.15. The molecule has 0 radical (unpaired) electrons. The minimum atomic E-state index is 0.386. The number of nitrogens with zero attached hydrogens (tertiary/aromatic N) is 1. The summed E-state index contributed by atoms with van der Waals surface area (Å²) in [7, 11) is 2.25. The maximum Gasteiger partial charge on any atom is 0.0702 e. The monoisotopic (exact) mass is 254 g/mol. The first-order valence-electron chi connectivity index (χ1n) is 7.69. The number of ether oxygens (including phenoxy) is 1. The average Bonchev–Trinajstić information content (AvgIpc) is 2.78. The van der Waals surface area contributed by atoms with E-state index in [9.17, 15) is 0 Å². The molecule has 1 saturated heterocycles. The van der Waals surface area contributed by atoms with E-state index >= 15 is 0 Å². The van der Waals surface area contributed by atoms with Crippen molar-refractivity contribution in [1.29, 1.82) is 0 Å². The molecule has 1 aliphatic carbocycles. The number of hydrogen-bond acceptors (Lipinski definition) is 3. The van der Waals surface area contributed by atoms with Crippen molar-refractivity contribution in [3.63, 3.8) is 0 Å². The zero-order valence-electron chi connectivity index (χ0n) is 12.3. The predicted octanol–water partition coefficient (Wildman–Crippen LogP) is 2.25. The second-order valence-electron chi connectivity index (χ2n) is 6.38. The zero-order chi connectivity index (χ0) is 13.1. The first-order chi connectivity index (χ1) is 8.61. The first kappa shape index (κ1) is 14.3. The van der Waals surface area contributed by atoms with Crippen LogP contribution in [0.2, 0.25) is 0 Å². The molecule has 1 heterocycles. The van der Waals surface area contributed by atoms with Gasteiger partial charge in [0.25, 0.3) is 0 Å². The number of likely N-dealkylation sites (N-methyl/N-ethyl adjacent to an activating group) is 1. The molecule has 5 unspecified atom stereocenters. The van der Waals surface area contributed by atoms with Crippen molar-refractivity contribution in [3.05, 3.63) is 0 Å². The Kier molecular flexibility index (Phi) is 5.05. The average molecular weight is 254 g/mol.